The predicted molar refractivity (Wildman–Crippen MR) is 106 cm³/mol. The van der Waals surface area contributed by atoms with Gasteiger partial charge in [-0.25, -0.2) is 25.1 Å². The van der Waals surface area contributed by atoms with Gasteiger partial charge in [0, 0.05) is 25.5 Å². The van der Waals surface area contributed by atoms with Crippen LogP contribution in [-0.2, 0) is 25.8 Å². The van der Waals surface area contributed by atoms with Crippen LogP contribution in [0.4, 0.5) is 5.82 Å². The number of nitrogens with one attached hydrogen (secondary N) is 1. The fourth-order valence-corrected chi connectivity index (χ4v) is 3.64. The predicted octanol–water partition coefficient (Wildman–Crippen LogP) is -1.64. The molecular formula is C16H22N8O6S. The fraction of sp³-hybridized carbons (Fsp3) is 0.500. The fourth-order valence-electron chi connectivity index (χ4n) is 3.31. The van der Waals surface area contributed by atoms with Gasteiger partial charge in [-0.15, -0.1) is 0 Å². The number of fused-ring (bicyclic) bond motifs is 1. The number of nitrogens with two attached hydrogens (primary N) is 1. The van der Waals surface area contributed by atoms with Gasteiger partial charge in [0.15, 0.2) is 23.2 Å². The Kier molecular flexibility index (Phi) is 6.12. The maximum Gasteiger partial charge on any atom is 0.333 e. The summed E-state index contributed by atoms with van der Waals surface area (Å²) in [6.07, 6.45) is 3.98. The molecule has 1 fully saturated rings. The van der Waals surface area contributed by atoms with Gasteiger partial charge in [0.2, 0.25) is 0 Å². The van der Waals surface area contributed by atoms with Crippen molar-refractivity contribution in [2.24, 2.45) is 5.14 Å². The summed E-state index contributed by atoms with van der Waals surface area (Å²) in [5.41, 5.74) is 0.830. The van der Waals surface area contributed by atoms with Gasteiger partial charge in [-0.3, -0.25) is 8.75 Å². The topological polar surface area (TPSA) is 193 Å². The summed E-state index contributed by atoms with van der Waals surface area (Å²) >= 11 is 0. The summed E-state index contributed by atoms with van der Waals surface area (Å²) in [5.74, 6) is 0.511. The summed E-state index contributed by atoms with van der Waals surface area (Å²) in [4.78, 5) is 16.7. The smallest absolute Gasteiger partial charge is 0.333 e. The number of aliphatic hydroxyl groups excluding tert-OH is 2. The van der Waals surface area contributed by atoms with Crippen molar-refractivity contribution in [3.05, 3.63) is 31.4 Å². The van der Waals surface area contributed by atoms with Gasteiger partial charge in [-0.1, -0.05) is 0 Å². The second-order valence-corrected chi connectivity index (χ2v) is 8.17. The number of hydrogen-bond donors (Lipinski definition) is 4. The van der Waals surface area contributed by atoms with E-state index >= 15 is 0 Å². The zero-order chi connectivity index (χ0) is 22.0. The van der Waals surface area contributed by atoms with Gasteiger partial charge in [0.25, 0.3) is 0 Å². The summed E-state index contributed by atoms with van der Waals surface area (Å²) in [5, 5.41) is 28.6. The molecule has 14 nitrogen and oxygen atoms in total. The van der Waals surface area contributed by atoms with Crippen molar-refractivity contribution in [3.63, 3.8) is 0 Å². The van der Waals surface area contributed by atoms with Crippen molar-refractivity contribution in [1.29, 1.82) is 0 Å². The molecule has 31 heavy (non-hydrogen) atoms. The molecule has 0 bridgehead atoms. The average molecular weight is 454 g/mol. The summed E-state index contributed by atoms with van der Waals surface area (Å²) in [6.45, 7) is 0.877. The molecular weight excluding hydrogens is 432 g/mol. The molecule has 4 atom stereocenters. The molecule has 0 saturated carbocycles. The standard InChI is InChI=1S/C16H22N8O6S/c17-31(27,28)29-6-10-12(25)13(26)16(30-10)24-9-22-11-14(20-7-21-15(11)24)19-2-1-4-23-5-3-18-8-23/h3,5,7-10,12-13,16,25-26H,1-2,4,6H2,(H2,17,27,28)(H,19,20,21)/t10-,12-,13-,16-/m1/s1. The van der Waals surface area contributed by atoms with E-state index in [1.165, 1.54) is 17.2 Å². The molecule has 1 aliphatic rings. The van der Waals surface area contributed by atoms with Crippen molar-refractivity contribution in [2.45, 2.75) is 37.5 Å². The highest BCUT2D eigenvalue weighted by atomic mass is 32.2. The van der Waals surface area contributed by atoms with E-state index < -0.39 is 41.5 Å². The van der Waals surface area contributed by atoms with Crippen LogP contribution in [0.15, 0.2) is 31.4 Å². The van der Waals surface area contributed by atoms with E-state index in [4.69, 9.17) is 9.88 Å². The molecule has 0 unspecified atom stereocenters. The third-order valence-corrected chi connectivity index (χ3v) is 5.28. The van der Waals surface area contributed by atoms with E-state index in [1.54, 1.807) is 12.5 Å². The number of aliphatic hydroxyl groups is 2. The van der Waals surface area contributed by atoms with E-state index in [1.807, 2.05) is 10.8 Å². The van der Waals surface area contributed by atoms with Crippen LogP contribution in [0.1, 0.15) is 12.6 Å². The summed E-state index contributed by atoms with van der Waals surface area (Å²) < 4.78 is 35.5. The van der Waals surface area contributed by atoms with Crippen molar-refractivity contribution in [3.8, 4) is 0 Å². The minimum Gasteiger partial charge on any atom is -0.387 e. The monoisotopic (exact) mass is 454 g/mol. The van der Waals surface area contributed by atoms with Crippen molar-refractivity contribution in [1.82, 2.24) is 29.1 Å². The molecule has 0 aliphatic carbocycles. The number of anilines is 1. The molecule has 0 radical (unpaired) electrons. The van der Waals surface area contributed by atoms with E-state index in [-0.39, 0.29) is 0 Å². The highest BCUT2D eigenvalue weighted by molar-refractivity contribution is 7.84. The summed E-state index contributed by atoms with van der Waals surface area (Å²) in [6, 6.07) is 0. The number of ether oxygens (including phenoxy) is 1. The Morgan fingerprint density at radius 1 is 1.23 bits per heavy atom. The quantitative estimate of drug-likeness (QED) is 0.271. The van der Waals surface area contributed by atoms with Crippen LogP contribution in [0.2, 0.25) is 0 Å². The first-order valence-corrected chi connectivity index (χ1v) is 10.9. The molecule has 4 heterocycles. The van der Waals surface area contributed by atoms with E-state index in [9.17, 15) is 18.6 Å². The lowest BCUT2D eigenvalue weighted by molar-refractivity contribution is -0.0467. The third-order valence-electron chi connectivity index (χ3n) is 4.81. The molecule has 15 heteroatoms. The zero-order valence-electron chi connectivity index (χ0n) is 16.2. The van der Waals surface area contributed by atoms with E-state index in [0.29, 0.717) is 23.5 Å². The maximum atomic E-state index is 11.0. The molecule has 3 aromatic rings. The Hall–Kier alpha value is -2.69. The summed E-state index contributed by atoms with van der Waals surface area (Å²) in [7, 11) is -4.22. The molecule has 0 spiro atoms. The molecule has 3 aromatic heterocycles. The Morgan fingerprint density at radius 2 is 2.06 bits per heavy atom. The van der Waals surface area contributed by atoms with Gasteiger partial charge in [0.05, 0.1) is 19.3 Å². The van der Waals surface area contributed by atoms with E-state index in [2.05, 4.69) is 29.4 Å². The molecule has 4 rings (SSSR count). The van der Waals surface area contributed by atoms with Gasteiger partial charge in [-0.05, 0) is 6.42 Å². The minimum atomic E-state index is -4.22. The number of imidazole rings is 2. The number of aryl methyl sites for hydroxylation is 1. The van der Waals surface area contributed by atoms with Crippen molar-refractivity contribution in [2.75, 3.05) is 18.5 Å². The van der Waals surface area contributed by atoms with Crippen LogP contribution in [0.25, 0.3) is 11.2 Å². The van der Waals surface area contributed by atoms with Crippen LogP contribution in [-0.4, -0.2) is 79.2 Å². The van der Waals surface area contributed by atoms with Gasteiger partial charge in [-0.2, -0.15) is 8.42 Å². The second kappa shape index (κ2) is 8.81. The molecule has 1 aliphatic heterocycles. The molecule has 1 saturated heterocycles. The molecule has 5 N–H and O–H groups in total. The van der Waals surface area contributed by atoms with Crippen LogP contribution >= 0.6 is 0 Å². The number of hydrogen-bond acceptors (Lipinski definition) is 11. The largest absolute Gasteiger partial charge is 0.387 e. The first-order valence-electron chi connectivity index (χ1n) is 9.39. The first kappa shape index (κ1) is 21.5. The average Bonchev–Trinajstić information content (AvgIpc) is 3.45. The van der Waals surface area contributed by atoms with Crippen LogP contribution in [0, 0.1) is 0 Å². The van der Waals surface area contributed by atoms with E-state index in [0.717, 1.165) is 13.0 Å². The number of rotatable bonds is 9. The number of nitrogens with zero attached hydrogens (tertiary/aromatic N) is 6. The lowest BCUT2D eigenvalue weighted by Gasteiger charge is -2.16. The van der Waals surface area contributed by atoms with Crippen LogP contribution in [0.3, 0.4) is 0 Å². The zero-order valence-corrected chi connectivity index (χ0v) is 17.0. The highest BCUT2D eigenvalue weighted by Crippen LogP contribution is 2.32. The molecule has 0 aromatic carbocycles. The normalized spacial score (nSPS) is 24.1. The highest BCUT2D eigenvalue weighted by Gasteiger charge is 2.44. The SMILES string of the molecule is NS(=O)(=O)OC[C@H]1O[C@@H](n2cnc3c(NCCCn4ccnc4)ncnc32)[C@H](O)[C@@H]1O. The lowest BCUT2D eigenvalue weighted by Crippen LogP contribution is -2.35. The van der Waals surface area contributed by atoms with Crippen molar-refractivity contribution >= 4 is 27.3 Å². The van der Waals surface area contributed by atoms with Crippen LogP contribution < -0.4 is 10.5 Å². The van der Waals surface area contributed by atoms with Gasteiger partial charge >= 0.3 is 10.3 Å². The van der Waals surface area contributed by atoms with Gasteiger partial charge < -0.3 is 24.8 Å². The first-order chi connectivity index (χ1) is 14.8. The molecule has 168 valence electrons. The Balaban J connectivity index is 1.45. The Morgan fingerprint density at radius 3 is 2.81 bits per heavy atom. The minimum absolute atomic E-state index is 0.372. The molecule has 0 amide bonds. The third kappa shape index (κ3) is 4.81. The van der Waals surface area contributed by atoms with Crippen molar-refractivity contribution < 1.29 is 27.6 Å². The lowest BCUT2D eigenvalue weighted by atomic mass is 10.1. The second-order valence-electron chi connectivity index (χ2n) is 6.95. The Labute approximate surface area is 176 Å². The van der Waals surface area contributed by atoms with Crippen LogP contribution in [0.5, 0.6) is 0 Å². The Bertz CT molecular complexity index is 1120. The van der Waals surface area contributed by atoms with Gasteiger partial charge in [0.1, 0.15) is 24.6 Å². The maximum absolute atomic E-state index is 11.0. The number of aromatic nitrogens is 6.